The van der Waals surface area contributed by atoms with Crippen molar-refractivity contribution in [2.24, 2.45) is 11.8 Å². The van der Waals surface area contributed by atoms with Gasteiger partial charge in [-0.3, -0.25) is 9.59 Å². The van der Waals surface area contributed by atoms with Gasteiger partial charge in [0.2, 0.25) is 5.91 Å². The minimum atomic E-state index is -0.948. The lowest BCUT2D eigenvalue weighted by molar-refractivity contribution is -0.141. The molecule has 1 rings (SSSR count). The van der Waals surface area contributed by atoms with Crippen molar-refractivity contribution in [1.29, 1.82) is 0 Å². The number of aliphatic carboxylic acids is 1. The Hall–Kier alpha value is -0.480. The molecule has 80 valence electrons. The van der Waals surface area contributed by atoms with Crippen LogP contribution in [0.15, 0.2) is 0 Å². The van der Waals surface area contributed by atoms with Gasteiger partial charge in [-0.15, -0.1) is 23.2 Å². The number of carboxylic acid groups (broad SMARTS) is 1. The molecule has 1 amide bonds. The number of halogens is 2. The van der Waals surface area contributed by atoms with Crippen molar-refractivity contribution < 1.29 is 14.7 Å². The van der Waals surface area contributed by atoms with E-state index in [0.29, 0.717) is 6.42 Å². The Kier molecular flexibility index (Phi) is 3.27. The van der Waals surface area contributed by atoms with Crippen LogP contribution in [0.5, 0.6) is 0 Å². The van der Waals surface area contributed by atoms with Crippen LogP contribution in [0, 0.1) is 11.8 Å². The highest BCUT2D eigenvalue weighted by Gasteiger charge is 2.56. The third-order valence-electron chi connectivity index (χ3n) is 2.15. The molecule has 14 heavy (non-hydrogen) atoms. The topological polar surface area (TPSA) is 66.4 Å². The molecule has 2 atom stereocenters. The first kappa shape index (κ1) is 11.6. The quantitative estimate of drug-likeness (QED) is 0.721. The van der Waals surface area contributed by atoms with E-state index in [0.717, 1.165) is 0 Å². The molecule has 0 aliphatic heterocycles. The number of amides is 1. The maximum absolute atomic E-state index is 11.3. The van der Waals surface area contributed by atoms with Crippen molar-refractivity contribution in [1.82, 2.24) is 5.32 Å². The summed E-state index contributed by atoms with van der Waals surface area (Å²) in [5.74, 6) is -2.21. The van der Waals surface area contributed by atoms with Crippen molar-refractivity contribution in [2.45, 2.75) is 17.7 Å². The van der Waals surface area contributed by atoms with E-state index in [-0.39, 0.29) is 12.5 Å². The summed E-state index contributed by atoms with van der Waals surface area (Å²) in [6, 6.07) is 0. The molecule has 0 aromatic carbocycles. The fraction of sp³-hybridized carbons (Fsp3) is 0.750. The van der Waals surface area contributed by atoms with E-state index in [9.17, 15) is 9.59 Å². The van der Waals surface area contributed by atoms with Gasteiger partial charge in [0.25, 0.3) is 0 Å². The smallest absolute Gasteiger partial charge is 0.308 e. The molecule has 1 aliphatic carbocycles. The molecule has 0 aromatic heterocycles. The summed E-state index contributed by atoms with van der Waals surface area (Å²) >= 11 is 11.3. The SMILES string of the molecule is CC(CNC(=O)C1CC1(Cl)Cl)C(=O)O. The van der Waals surface area contributed by atoms with Crippen LogP contribution in [0.3, 0.4) is 0 Å². The van der Waals surface area contributed by atoms with E-state index in [2.05, 4.69) is 5.32 Å². The molecular weight excluding hydrogens is 229 g/mol. The minimum absolute atomic E-state index is 0.106. The first-order valence-electron chi connectivity index (χ1n) is 4.23. The van der Waals surface area contributed by atoms with Crippen molar-refractivity contribution >= 4 is 35.1 Å². The standard InChI is InChI=1S/C8H11Cl2NO3/c1-4(7(13)14)3-11-6(12)5-2-8(5,9)10/h4-5H,2-3H2,1H3,(H,11,12)(H,13,14). The Morgan fingerprint density at radius 2 is 2.14 bits per heavy atom. The zero-order valence-electron chi connectivity index (χ0n) is 7.59. The Morgan fingerprint density at radius 3 is 2.50 bits per heavy atom. The Bertz CT molecular complexity index is 267. The lowest BCUT2D eigenvalue weighted by atomic mass is 10.2. The van der Waals surface area contributed by atoms with E-state index in [1.54, 1.807) is 0 Å². The van der Waals surface area contributed by atoms with Gasteiger partial charge in [0.15, 0.2) is 0 Å². The second kappa shape index (κ2) is 3.95. The number of rotatable bonds is 4. The van der Waals surface area contributed by atoms with Crippen molar-refractivity contribution in [3.8, 4) is 0 Å². The molecule has 0 saturated heterocycles. The molecule has 0 bridgehead atoms. The number of hydrogen-bond acceptors (Lipinski definition) is 2. The van der Waals surface area contributed by atoms with Crippen LogP contribution >= 0.6 is 23.2 Å². The maximum atomic E-state index is 11.3. The second-order valence-electron chi connectivity index (χ2n) is 3.50. The van der Waals surface area contributed by atoms with Gasteiger partial charge in [-0.25, -0.2) is 0 Å². The number of alkyl halides is 2. The highest BCUT2D eigenvalue weighted by molar-refractivity contribution is 6.52. The second-order valence-corrected chi connectivity index (χ2v) is 5.04. The van der Waals surface area contributed by atoms with Crippen LogP contribution < -0.4 is 5.32 Å². The van der Waals surface area contributed by atoms with Gasteiger partial charge in [-0.2, -0.15) is 0 Å². The number of carbonyl (C=O) groups is 2. The van der Waals surface area contributed by atoms with E-state index in [1.807, 2.05) is 0 Å². The molecule has 1 saturated carbocycles. The lowest BCUT2D eigenvalue weighted by Crippen LogP contribution is -2.33. The van der Waals surface area contributed by atoms with Crippen LogP contribution in [0.25, 0.3) is 0 Å². The van der Waals surface area contributed by atoms with Gasteiger partial charge in [-0.05, 0) is 6.42 Å². The molecule has 6 heteroatoms. The zero-order chi connectivity index (χ0) is 10.9. The highest BCUT2D eigenvalue weighted by Crippen LogP contribution is 2.53. The number of hydrogen-bond donors (Lipinski definition) is 2. The van der Waals surface area contributed by atoms with Crippen LogP contribution in [-0.2, 0) is 9.59 Å². The van der Waals surface area contributed by atoms with Gasteiger partial charge in [-0.1, -0.05) is 6.92 Å². The predicted molar refractivity (Wildman–Crippen MR) is 52.4 cm³/mol. The summed E-state index contributed by atoms with van der Waals surface area (Å²) in [4.78, 5) is 21.7. The third kappa shape index (κ3) is 2.75. The lowest BCUT2D eigenvalue weighted by Gasteiger charge is -2.07. The summed E-state index contributed by atoms with van der Waals surface area (Å²) < 4.78 is -0.948. The molecule has 0 aromatic rings. The molecule has 0 radical (unpaired) electrons. The average molecular weight is 240 g/mol. The predicted octanol–water partition coefficient (Wildman–Crippen LogP) is 1.02. The van der Waals surface area contributed by atoms with Gasteiger partial charge >= 0.3 is 5.97 Å². The Balaban J connectivity index is 2.26. The Labute approximate surface area is 91.6 Å². The van der Waals surface area contributed by atoms with E-state index < -0.39 is 22.1 Å². The van der Waals surface area contributed by atoms with Crippen LogP contribution in [0.2, 0.25) is 0 Å². The first-order chi connectivity index (χ1) is 6.34. The minimum Gasteiger partial charge on any atom is -0.481 e. The van der Waals surface area contributed by atoms with Gasteiger partial charge in [0.1, 0.15) is 4.33 Å². The fourth-order valence-electron chi connectivity index (χ4n) is 0.962. The largest absolute Gasteiger partial charge is 0.481 e. The summed E-state index contributed by atoms with van der Waals surface area (Å²) in [6.45, 7) is 1.62. The van der Waals surface area contributed by atoms with Gasteiger partial charge in [0, 0.05) is 6.54 Å². The van der Waals surface area contributed by atoms with E-state index in [1.165, 1.54) is 6.92 Å². The summed E-state index contributed by atoms with van der Waals surface area (Å²) in [7, 11) is 0. The monoisotopic (exact) mass is 239 g/mol. The molecule has 1 aliphatic rings. The zero-order valence-corrected chi connectivity index (χ0v) is 9.10. The number of carboxylic acids is 1. The third-order valence-corrected chi connectivity index (χ3v) is 2.98. The highest BCUT2D eigenvalue weighted by atomic mass is 35.5. The molecule has 2 N–H and O–H groups in total. The maximum Gasteiger partial charge on any atom is 0.308 e. The number of carbonyl (C=O) groups excluding carboxylic acids is 1. The van der Waals surface area contributed by atoms with Gasteiger partial charge in [0.05, 0.1) is 11.8 Å². The first-order valence-corrected chi connectivity index (χ1v) is 4.98. The summed E-state index contributed by atoms with van der Waals surface area (Å²) in [5.41, 5.74) is 0. The van der Waals surface area contributed by atoms with Gasteiger partial charge < -0.3 is 10.4 Å². The summed E-state index contributed by atoms with van der Waals surface area (Å²) in [6.07, 6.45) is 0.434. The van der Waals surface area contributed by atoms with E-state index >= 15 is 0 Å². The molecule has 2 unspecified atom stereocenters. The van der Waals surface area contributed by atoms with Crippen LogP contribution in [0.4, 0.5) is 0 Å². The molecule has 1 fully saturated rings. The van der Waals surface area contributed by atoms with Crippen LogP contribution in [0.1, 0.15) is 13.3 Å². The molecular formula is C8H11Cl2NO3. The van der Waals surface area contributed by atoms with Crippen molar-refractivity contribution in [3.63, 3.8) is 0 Å². The molecule has 4 nitrogen and oxygen atoms in total. The summed E-state index contributed by atoms with van der Waals surface area (Å²) in [5, 5.41) is 11.0. The fourth-order valence-corrected chi connectivity index (χ4v) is 1.47. The molecule has 0 heterocycles. The normalized spacial score (nSPS) is 25.2. The average Bonchev–Trinajstić information content (AvgIpc) is 2.70. The Morgan fingerprint density at radius 1 is 1.64 bits per heavy atom. The number of nitrogens with one attached hydrogen (secondary N) is 1. The van der Waals surface area contributed by atoms with Crippen molar-refractivity contribution in [2.75, 3.05) is 6.54 Å². The molecule has 0 spiro atoms. The van der Waals surface area contributed by atoms with Crippen LogP contribution in [-0.4, -0.2) is 27.9 Å². The van der Waals surface area contributed by atoms with Crippen molar-refractivity contribution in [3.05, 3.63) is 0 Å². The van der Waals surface area contributed by atoms with E-state index in [4.69, 9.17) is 28.3 Å².